The van der Waals surface area contributed by atoms with Crippen molar-refractivity contribution >= 4 is 63.7 Å². The minimum Gasteiger partial charge on any atom is -0.378 e. The fourth-order valence-electron chi connectivity index (χ4n) is 9.73. The maximum Gasteiger partial charge on any atom is 0.264 e. The Morgan fingerprint density at radius 3 is 2.52 bits per heavy atom. The van der Waals surface area contributed by atoms with E-state index in [0.29, 0.717) is 53.2 Å². The van der Waals surface area contributed by atoms with Gasteiger partial charge in [0.1, 0.15) is 23.8 Å². The zero-order chi connectivity index (χ0) is 43.9. The molecule has 17 nitrogen and oxygen atoms in total. The number of methoxy groups -OCH3 is 1. The number of aromatic nitrogens is 4. The largest absolute Gasteiger partial charge is 0.378 e. The van der Waals surface area contributed by atoms with Gasteiger partial charge in [-0.25, -0.2) is 14.4 Å². The van der Waals surface area contributed by atoms with Gasteiger partial charge in [-0.05, 0) is 83.0 Å². The lowest BCUT2D eigenvalue weighted by molar-refractivity contribution is -0.136. The number of rotatable bonds is 13. The number of nitrogens with zero attached hydrogens (tertiary/aromatic N) is 8. The standard InChI is InChI=1S/C45H54FN11O6/c1-26(2)56-24-31(30-21-48-38(20-35(30)56)50-37-11-15-47-45(51-37)54-19-14-36(63-3)32(46)25-54)41(59)49-28-12-17-53(18-13-28)16-5-6-27-22-55(23-27)33-8-4-7-29-40(33)44(62)57(43(29)61)34-9-10-39(58)52-42(34)60/h4,7-8,11,15,20-21,24,26-28,32,34,36H,5-6,9-10,12-14,16-19,22-23,25H2,1-3H3,(H,49,59)(H,52,58,60)(H,47,48,50,51)/t32-,34?,36?/m1/s1. The predicted octanol–water partition coefficient (Wildman–Crippen LogP) is 4.23. The Bertz CT molecular complexity index is 2430. The molecular formula is C45H54FN11O6. The summed E-state index contributed by atoms with van der Waals surface area (Å²) in [5.74, 6) is -0.0881. The molecule has 0 bridgehead atoms. The number of pyridine rings is 1. The van der Waals surface area contributed by atoms with Gasteiger partial charge in [0.25, 0.3) is 17.7 Å². The van der Waals surface area contributed by atoms with Crippen LogP contribution in [0.15, 0.2) is 48.9 Å². The number of hydrogen-bond donors (Lipinski definition) is 3. The Balaban J connectivity index is 0.742. The molecule has 0 radical (unpaired) electrons. The number of anilines is 4. The third kappa shape index (κ3) is 8.45. The molecule has 332 valence electrons. The fraction of sp³-hybridized carbons (Fsp3) is 0.511. The van der Waals surface area contributed by atoms with Gasteiger partial charge in [0, 0.05) is 88.4 Å². The van der Waals surface area contributed by atoms with Gasteiger partial charge in [-0.15, -0.1) is 0 Å². The Kier molecular flexibility index (Phi) is 11.8. The van der Waals surface area contributed by atoms with Crippen molar-refractivity contribution in [1.29, 1.82) is 0 Å². The van der Waals surface area contributed by atoms with Gasteiger partial charge in [-0.2, -0.15) is 4.98 Å². The number of imide groups is 2. The number of ether oxygens (including phenoxy) is 1. The number of halogens is 1. The molecule has 5 amide bonds. The van der Waals surface area contributed by atoms with E-state index in [9.17, 15) is 28.4 Å². The van der Waals surface area contributed by atoms with Crippen LogP contribution in [0.3, 0.4) is 0 Å². The normalized spacial score (nSPS) is 22.5. The Hall–Kier alpha value is -6.01. The van der Waals surface area contributed by atoms with Gasteiger partial charge in [-0.3, -0.25) is 34.2 Å². The van der Waals surface area contributed by atoms with Gasteiger partial charge in [-0.1, -0.05) is 6.07 Å². The summed E-state index contributed by atoms with van der Waals surface area (Å²) in [5.41, 5.74) is 2.82. The van der Waals surface area contributed by atoms with Crippen LogP contribution in [-0.2, 0) is 14.3 Å². The summed E-state index contributed by atoms with van der Waals surface area (Å²) < 4.78 is 21.9. The predicted molar refractivity (Wildman–Crippen MR) is 233 cm³/mol. The lowest BCUT2D eigenvalue weighted by Crippen LogP contribution is -2.54. The zero-order valence-corrected chi connectivity index (χ0v) is 35.9. The minimum absolute atomic E-state index is 0.0633. The summed E-state index contributed by atoms with van der Waals surface area (Å²) >= 11 is 0. The molecule has 4 saturated heterocycles. The van der Waals surface area contributed by atoms with E-state index in [1.165, 1.54) is 7.11 Å². The van der Waals surface area contributed by atoms with Crippen LogP contribution in [0.1, 0.15) is 95.9 Å². The first-order valence-electron chi connectivity index (χ1n) is 22.1. The van der Waals surface area contributed by atoms with E-state index in [2.05, 4.69) is 59.1 Å². The van der Waals surface area contributed by atoms with Crippen molar-refractivity contribution in [2.24, 2.45) is 5.92 Å². The highest BCUT2D eigenvalue weighted by Gasteiger charge is 2.47. The molecule has 4 aromatic rings. The third-order valence-electron chi connectivity index (χ3n) is 13.2. The Labute approximate surface area is 364 Å². The van der Waals surface area contributed by atoms with Crippen LogP contribution in [0, 0.1) is 5.92 Å². The summed E-state index contributed by atoms with van der Waals surface area (Å²) in [6, 6.07) is 8.11. The van der Waals surface area contributed by atoms with E-state index in [-0.39, 0.29) is 37.4 Å². The molecule has 9 rings (SSSR count). The molecule has 5 aliphatic rings. The van der Waals surface area contributed by atoms with Crippen LogP contribution in [0.25, 0.3) is 10.9 Å². The molecule has 3 N–H and O–H groups in total. The lowest BCUT2D eigenvalue weighted by Gasteiger charge is -2.42. The molecule has 4 fully saturated rings. The van der Waals surface area contributed by atoms with Crippen LogP contribution in [-0.4, -0.2) is 136 Å². The Morgan fingerprint density at radius 1 is 0.968 bits per heavy atom. The van der Waals surface area contributed by atoms with Gasteiger partial charge in [0.05, 0.1) is 40.5 Å². The van der Waals surface area contributed by atoms with Crippen LogP contribution in [0.4, 0.5) is 27.7 Å². The quantitative estimate of drug-likeness (QED) is 0.162. The molecule has 0 aliphatic carbocycles. The summed E-state index contributed by atoms with van der Waals surface area (Å²) in [4.78, 5) is 85.9. The van der Waals surface area contributed by atoms with E-state index >= 15 is 0 Å². The highest BCUT2D eigenvalue weighted by molar-refractivity contribution is 6.25. The van der Waals surface area contributed by atoms with Crippen molar-refractivity contribution in [2.45, 2.75) is 89.2 Å². The molecule has 8 heterocycles. The lowest BCUT2D eigenvalue weighted by atomic mass is 9.92. The first-order chi connectivity index (χ1) is 30.4. The zero-order valence-electron chi connectivity index (χ0n) is 35.9. The molecule has 1 aromatic carbocycles. The summed E-state index contributed by atoms with van der Waals surface area (Å²) in [6.45, 7) is 9.23. The number of nitrogens with one attached hydrogen (secondary N) is 3. The van der Waals surface area contributed by atoms with Gasteiger partial charge in [0.2, 0.25) is 17.8 Å². The second-order valence-electron chi connectivity index (χ2n) is 17.7. The summed E-state index contributed by atoms with van der Waals surface area (Å²) in [5, 5.41) is 9.59. The molecule has 0 spiro atoms. The van der Waals surface area contributed by atoms with E-state index in [1.54, 1.807) is 30.6 Å². The summed E-state index contributed by atoms with van der Waals surface area (Å²) in [7, 11) is 1.53. The van der Waals surface area contributed by atoms with Gasteiger partial charge in [0.15, 0.2) is 0 Å². The van der Waals surface area contributed by atoms with E-state index < -0.39 is 41.9 Å². The Morgan fingerprint density at radius 2 is 1.78 bits per heavy atom. The second-order valence-corrected chi connectivity index (χ2v) is 17.7. The maximum atomic E-state index is 14.6. The van der Waals surface area contributed by atoms with Crippen molar-refractivity contribution in [1.82, 2.24) is 40.0 Å². The average molecular weight is 864 g/mol. The highest BCUT2D eigenvalue weighted by atomic mass is 19.1. The molecule has 5 aliphatic heterocycles. The van der Waals surface area contributed by atoms with Gasteiger partial charge >= 0.3 is 0 Å². The summed E-state index contributed by atoms with van der Waals surface area (Å²) in [6.07, 6.45) is 8.28. The van der Waals surface area contributed by atoms with Crippen molar-refractivity contribution in [3.05, 3.63) is 65.6 Å². The number of carbonyl (C=O) groups excluding carboxylic acids is 5. The van der Waals surface area contributed by atoms with Gasteiger partial charge < -0.3 is 34.6 Å². The first-order valence-corrected chi connectivity index (χ1v) is 22.1. The minimum atomic E-state index is -1.12. The smallest absolute Gasteiger partial charge is 0.264 e. The number of likely N-dealkylation sites (tertiary alicyclic amines) is 1. The molecule has 3 aromatic heterocycles. The van der Waals surface area contributed by atoms with Crippen LogP contribution in [0.2, 0.25) is 0 Å². The van der Waals surface area contributed by atoms with Crippen molar-refractivity contribution in [2.75, 3.05) is 68.0 Å². The number of alkyl halides is 1. The van der Waals surface area contributed by atoms with Crippen LogP contribution in [0.5, 0.6) is 0 Å². The SMILES string of the molecule is COC1CCN(c2nccc(Nc3cc4c(cn3)c(C(=O)NC3CCN(CCCC5CN(c6cccc7c6C(=O)N(C6CCC(=O)NC6=O)C7=O)C5)CC3)cn4C(C)C)n2)C[C@H]1F. The molecule has 63 heavy (non-hydrogen) atoms. The topological polar surface area (TPSA) is 187 Å². The monoisotopic (exact) mass is 863 g/mol. The van der Waals surface area contributed by atoms with Crippen molar-refractivity contribution in [3.63, 3.8) is 0 Å². The molecule has 0 saturated carbocycles. The van der Waals surface area contributed by atoms with Crippen molar-refractivity contribution in [3.8, 4) is 0 Å². The number of piperidine rings is 3. The molecular weight excluding hydrogens is 810 g/mol. The number of carbonyl (C=O) groups is 5. The molecule has 3 atom stereocenters. The number of amides is 5. The maximum absolute atomic E-state index is 14.6. The average Bonchev–Trinajstić information content (AvgIpc) is 3.76. The van der Waals surface area contributed by atoms with Crippen molar-refractivity contribution < 1.29 is 33.1 Å². The van der Waals surface area contributed by atoms with E-state index in [0.717, 1.165) is 79.9 Å². The third-order valence-corrected chi connectivity index (χ3v) is 13.2. The molecule has 18 heteroatoms. The highest BCUT2D eigenvalue weighted by Crippen LogP contribution is 2.38. The second kappa shape index (κ2) is 17.6. The number of benzene rings is 1. The van der Waals surface area contributed by atoms with Crippen LogP contribution >= 0.6 is 0 Å². The fourth-order valence-corrected chi connectivity index (χ4v) is 9.73. The van der Waals surface area contributed by atoms with E-state index in [4.69, 9.17) is 4.74 Å². The number of fused-ring (bicyclic) bond motifs is 2. The van der Waals surface area contributed by atoms with E-state index in [1.807, 2.05) is 23.2 Å². The first kappa shape index (κ1) is 42.3. The van der Waals surface area contributed by atoms with Crippen LogP contribution < -0.4 is 25.8 Å². The molecule has 2 unspecified atom stereocenters. The number of hydrogen-bond acceptors (Lipinski definition) is 13.